The quantitative estimate of drug-likeness (QED) is 0.553. The zero-order valence-electron chi connectivity index (χ0n) is 13.3. The van der Waals surface area contributed by atoms with Gasteiger partial charge >= 0.3 is 0 Å². The van der Waals surface area contributed by atoms with Gasteiger partial charge in [-0.1, -0.05) is 30.3 Å². The second kappa shape index (κ2) is 5.96. The Balaban J connectivity index is 1.95. The lowest BCUT2D eigenvalue weighted by Gasteiger charge is -2.09. The Kier molecular flexibility index (Phi) is 3.78. The Labute approximate surface area is 147 Å². The van der Waals surface area contributed by atoms with Crippen LogP contribution in [0.4, 0.5) is 0 Å². The first-order valence-corrected chi connectivity index (χ1v) is 9.30. The van der Waals surface area contributed by atoms with E-state index >= 15 is 0 Å². The first-order valence-electron chi connectivity index (χ1n) is 7.60. The third kappa shape index (κ3) is 2.57. The number of benzene rings is 1. The fraction of sp³-hybridized carbons (Fsp3) is 0.167. The van der Waals surface area contributed by atoms with Crippen molar-refractivity contribution in [3.05, 3.63) is 68.3 Å². The van der Waals surface area contributed by atoms with Crippen LogP contribution in [0.25, 0.3) is 20.8 Å². The molecule has 0 radical (unpaired) electrons. The van der Waals surface area contributed by atoms with Crippen LogP contribution in [0, 0.1) is 13.8 Å². The zero-order valence-corrected chi connectivity index (χ0v) is 14.9. The number of hydrogen-bond donors (Lipinski definition) is 0. The van der Waals surface area contributed by atoms with Crippen LogP contribution in [0.5, 0.6) is 0 Å². The second-order valence-electron chi connectivity index (χ2n) is 5.63. The maximum Gasteiger partial charge on any atom is 0.294 e. The molecule has 0 atom stereocenters. The summed E-state index contributed by atoms with van der Waals surface area (Å²) < 4.78 is 2.42. The van der Waals surface area contributed by atoms with Gasteiger partial charge in [0.1, 0.15) is 5.69 Å². The lowest BCUT2D eigenvalue weighted by Crippen LogP contribution is -2.24. The molecule has 3 heterocycles. The van der Waals surface area contributed by atoms with Gasteiger partial charge in [-0.25, -0.2) is 9.67 Å². The van der Waals surface area contributed by atoms with Crippen LogP contribution in [-0.4, -0.2) is 14.8 Å². The van der Waals surface area contributed by atoms with Crippen molar-refractivity contribution in [2.45, 2.75) is 20.4 Å². The summed E-state index contributed by atoms with van der Waals surface area (Å²) in [6, 6.07) is 12.1. The topological polar surface area (TPSA) is 47.8 Å². The molecule has 0 aliphatic carbocycles. The number of nitrogens with zero attached hydrogens (tertiary/aromatic N) is 3. The van der Waals surface area contributed by atoms with Crippen molar-refractivity contribution < 1.29 is 0 Å². The van der Waals surface area contributed by atoms with Crippen molar-refractivity contribution >= 4 is 32.9 Å². The van der Waals surface area contributed by atoms with E-state index in [1.807, 2.05) is 55.6 Å². The van der Waals surface area contributed by atoms with Crippen LogP contribution >= 0.6 is 22.7 Å². The maximum atomic E-state index is 12.8. The van der Waals surface area contributed by atoms with Gasteiger partial charge in [0, 0.05) is 0 Å². The number of hydrogen-bond acceptors (Lipinski definition) is 5. The standard InChI is InChI=1S/C18H15N3OS2/c1-11-6-3-4-7-13(11)10-21-18(22)16-17(24-12(2)19-16)15(20-21)14-8-5-9-23-14/h3-9H,10H2,1-2H3. The van der Waals surface area contributed by atoms with Gasteiger partial charge in [-0.05, 0) is 36.4 Å². The Morgan fingerprint density at radius 2 is 1.96 bits per heavy atom. The van der Waals surface area contributed by atoms with Crippen LogP contribution in [-0.2, 0) is 6.54 Å². The zero-order chi connectivity index (χ0) is 16.7. The molecule has 0 N–H and O–H groups in total. The van der Waals surface area contributed by atoms with Crippen molar-refractivity contribution in [2.24, 2.45) is 0 Å². The van der Waals surface area contributed by atoms with Crippen LogP contribution < -0.4 is 5.56 Å². The molecule has 0 saturated heterocycles. The molecule has 6 heteroatoms. The highest BCUT2D eigenvalue weighted by Crippen LogP contribution is 2.32. The summed E-state index contributed by atoms with van der Waals surface area (Å²) >= 11 is 3.15. The smallest absolute Gasteiger partial charge is 0.265 e. The maximum absolute atomic E-state index is 12.8. The molecule has 0 aliphatic rings. The third-order valence-electron chi connectivity index (χ3n) is 3.94. The Bertz CT molecular complexity index is 1080. The highest BCUT2D eigenvalue weighted by Gasteiger charge is 2.17. The molecule has 4 rings (SSSR count). The molecule has 1 aromatic carbocycles. The fourth-order valence-corrected chi connectivity index (χ4v) is 4.39. The van der Waals surface area contributed by atoms with E-state index < -0.39 is 0 Å². The molecule has 0 fully saturated rings. The van der Waals surface area contributed by atoms with Gasteiger partial charge in [-0.2, -0.15) is 5.10 Å². The second-order valence-corrected chi connectivity index (χ2v) is 7.78. The first kappa shape index (κ1) is 15.2. The van der Waals surface area contributed by atoms with E-state index in [2.05, 4.69) is 10.1 Å². The van der Waals surface area contributed by atoms with E-state index in [0.717, 1.165) is 31.4 Å². The summed E-state index contributed by atoms with van der Waals surface area (Å²) in [4.78, 5) is 18.3. The van der Waals surface area contributed by atoms with E-state index in [0.29, 0.717) is 12.1 Å². The number of rotatable bonds is 3. The summed E-state index contributed by atoms with van der Waals surface area (Å²) in [6.07, 6.45) is 0. The lowest BCUT2D eigenvalue weighted by molar-refractivity contribution is 0.648. The average molecular weight is 353 g/mol. The Morgan fingerprint density at radius 1 is 1.12 bits per heavy atom. The molecule has 0 aliphatic heterocycles. The minimum absolute atomic E-state index is 0.127. The van der Waals surface area contributed by atoms with E-state index in [9.17, 15) is 4.79 Å². The summed E-state index contributed by atoms with van der Waals surface area (Å²) in [6.45, 7) is 4.43. The SMILES string of the molecule is Cc1nc2c(=O)n(Cc3ccccc3C)nc(-c3cccs3)c2s1. The normalized spacial score (nSPS) is 11.2. The van der Waals surface area contributed by atoms with Gasteiger partial charge in [-0.3, -0.25) is 4.79 Å². The van der Waals surface area contributed by atoms with Crippen LogP contribution in [0.2, 0.25) is 0 Å². The molecule has 0 amide bonds. The van der Waals surface area contributed by atoms with Gasteiger partial charge in [0.05, 0.1) is 21.1 Å². The van der Waals surface area contributed by atoms with Gasteiger partial charge in [-0.15, -0.1) is 22.7 Å². The molecule has 3 aromatic heterocycles. The molecular weight excluding hydrogens is 338 g/mol. The van der Waals surface area contributed by atoms with Crippen LogP contribution in [0.1, 0.15) is 16.1 Å². The average Bonchev–Trinajstić information content (AvgIpc) is 3.21. The molecule has 0 bridgehead atoms. The molecular formula is C18H15N3OS2. The van der Waals surface area contributed by atoms with E-state index in [-0.39, 0.29) is 5.56 Å². The summed E-state index contributed by atoms with van der Waals surface area (Å²) in [7, 11) is 0. The Morgan fingerprint density at radius 3 is 2.71 bits per heavy atom. The number of thiazole rings is 1. The first-order chi connectivity index (χ1) is 11.6. The van der Waals surface area contributed by atoms with Crippen molar-refractivity contribution in [1.82, 2.24) is 14.8 Å². The molecule has 0 spiro atoms. The van der Waals surface area contributed by atoms with Crippen molar-refractivity contribution in [1.29, 1.82) is 0 Å². The van der Waals surface area contributed by atoms with Gasteiger partial charge in [0.25, 0.3) is 5.56 Å². The molecule has 120 valence electrons. The molecule has 4 nitrogen and oxygen atoms in total. The number of aryl methyl sites for hydroxylation is 2. The van der Waals surface area contributed by atoms with Gasteiger partial charge in [0.15, 0.2) is 5.52 Å². The van der Waals surface area contributed by atoms with Crippen molar-refractivity contribution in [3.63, 3.8) is 0 Å². The molecule has 0 unspecified atom stereocenters. The van der Waals surface area contributed by atoms with E-state index in [4.69, 9.17) is 0 Å². The molecule has 0 saturated carbocycles. The minimum atomic E-state index is -0.127. The monoisotopic (exact) mass is 353 g/mol. The predicted molar refractivity (Wildman–Crippen MR) is 100 cm³/mol. The summed E-state index contributed by atoms with van der Waals surface area (Å²) in [5, 5.41) is 7.58. The highest BCUT2D eigenvalue weighted by atomic mass is 32.1. The van der Waals surface area contributed by atoms with Crippen molar-refractivity contribution in [3.8, 4) is 10.6 Å². The third-order valence-corrected chi connectivity index (χ3v) is 5.80. The fourth-order valence-electron chi connectivity index (χ4n) is 2.70. The van der Waals surface area contributed by atoms with E-state index in [1.54, 1.807) is 16.0 Å². The summed E-state index contributed by atoms with van der Waals surface area (Å²) in [5.74, 6) is 0. The Hall–Kier alpha value is -2.31. The highest BCUT2D eigenvalue weighted by molar-refractivity contribution is 7.20. The number of fused-ring (bicyclic) bond motifs is 1. The lowest BCUT2D eigenvalue weighted by atomic mass is 10.1. The van der Waals surface area contributed by atoms with Gasteiger partial charge in [0.2, 0.25) is 0 Å². The summed E-state index contributed by atoms with van der Waals surface area (Å²) in [5.41, 5.74) is 3.48. The minimum Gasteiger partial charge on any atom is -0.265 e. The predicted octanol–water partition coefficient (Wildman–Crippen LogP) is 4.25. The molecule has 24 heavy (non-hydrogen) atoms. The number of thiophene rings is 1. The van der Waals surface area contributed by atoms with E-state index in [1.165, 1.54) is 11.3 Å². The van der Waals surface area contributed by atoms with Gasteiger partial charge < -0.3 is 0 Å². The van der Waals surface area contributed by atoms with Crippen LogP contribution in [0.15, 0.2) is 46.6 Å². The van der Waals surface area contributed by atoms with Crippen molar-refractivity contribution in [2.75, 3.05) is 0 Å². The largest absolute Gasteiger partial charge is 0.294 e. The van der Waals surface area contributed by atoms with Crippen LogP contribution in [0.3, 0.4) is 0 Å². The number of aromatic nitrogens is 3. The molecule has 4 aromatic rings.